The summed E-state index contributed by atoms with van der Waals surface area (Å²) in [6.07, 6.45) is 3.86. The first-order chi connectivity index (χ1) is 16.6. The summed E-state index contributed by atoms with van der Waals surface area (Å²) in [6.45, 7) is 8.47. The number of nitriles is 1. The summed E-state index contributed by atoms with van der Waals surface area (Å²) in [5, 5.41) is 17.8. The highest BCUT2D eigenvalue weighted by molar-refractivity contribution is 5.95. The van der Waals surface area contributed by atoms with Crippen molar-refractivity contribution in [1.29, 1.82) is 5.26 Å². The van der Waals surface area contributed by atoms with Crippen molar-refractivity contribution in [2.75, 3.05) is 29.9 Å². The van der Waals surface area contributed by atoms with Gasteiger partial charge in [0.2, 0.25) is 0 Å². The summed E-state index contributed by atoms with van der Waals surface area (Å²) in [7, 11) is 0. The second kappa shape index (κ2) is 8.53. The van der Waals surface area contributed by atoms with Crippen LogP contribution in [-0.2, 0) is 13.0 Å². The molecule has 0 saturated carbocycles. The van der Waals surface area contributed by atoms with E-state index in [0.29, 0.717) is 29.7 Å². The molecule has 174 valence electrons. The van der Waals surface area contributed by atoms with Gasteiger partial charge in [0.05, 0.1) is 11.1 Å². The van der Waals surface area contributed by atoms with Gasteiger partial charge < -0.3 is 15.5 Å². The van der Waals surface area contributed by atoms with Gasteiger partial charge in [0.1, 0.15) is 11.9 Å². The van der Waals surface area contributed by atoms with Crippen LogP contribution in [0.2, 0.25) is 0 Å². The van der Waals surface area contributed by atoms with Crippen molar-refractivity contribution < 1.29 is 0 Å². The van der Waals surface area contributed by atoms with Crippen LogP contribution in [0.5, 0.6) is 0 Å². The Balaban J connectivity index is 1.20. The fourth-order valence-corrected chi connectivity index (χ4v) is 6.04. The minimum atomic E-state index is 0.400. The van der Waals surface area contributed by atoms with Crippen molar-refractivity contribution in [2.24, 2.45) is 0 Å². The Morgan fingerprint density at radius 3 is 2.91 bits per heavy atom. The Morgan fingerprint density at radius 2 is 2.03 bits per heavy atom. The van der Waals surface area contributed by atoms with Crippen LogP contribution in [-0.4, -0.2) is 58.7 Å². The van der Waals surface area contributed by atoms with Crippen LogP contribution in [0.25, 0.3) is 10.9 Å². The predicted molar refractivity (Wildman–Crippen MR) is 135 cm³/mol. The molecule has 3 aromatic rings. The molecule has 1 unspecified atom stereocenters. The van der Waals surface area contributed by atoms with Gasteiger partial charge in [0, 0.05) is 79.7 Å². The molecule has 0 spiro atoms. The first kappa shape index (κ1) is 21.3. The highest BCUT2D eigenvalue weighted by Crippen LogP contribution is 2.34. The van der Waals surface area contributed by atoms with E-state index in [4.69, 9.17) is 4.98 Å². The van der Waals surface area contributed by atoms with Crippen molar-refractivity contribution in [3.05, 3.63) is 59.4 Å². The van der Waals surface area contributed by atoms with E-state index in [1.807, 2.05) is 12.1 Å². The number of nitrogens with zero attached hydrogens (tertiary/aromatic N) is 5. The Kier molecular flexibility index (Phi) is 5.35. The second-order valence-electron chi connectivity index (χ2n) is 10.1. The molecule has 3 aliphatic rings. The molecule has 0 aliphatic carbocycles. The van der Waals surface area contributed by atoms with E-state index in [-0.39, 0.29) is 0 Å². The Morgan fingerprint density at radius 1 is 1.12 bits per heavy atom. The minimum absolute atomic E-state index is 0.400. The first-order valence-corrected chi connectivity index (χ1v) is 12.4. The van der Waals surface area contributed by atoms with E-state index in [9.17, 15) is 5.26 Å². The lowest BCUT2D eigenvalue weighted by atomic mass is 10.0. The maximum Gasteiger partial charge on any atom is 0.126 e. The summed E-state index contributed by atoms with van der Waals surface area (Å²) in [5.74, 6) is 1.01. The zero-order valence-electron chi connectivity index (χ0n) is 19.8. The third kappa shape index (κ3) is 3.77. The second-order valence-corrected chi connectivity index (χ2v) is 10.1. The smallest absolute Gasteiger partial charge is 0.126 e. The number of pyridine rings is 2. The molecule has 2 N–H and O–H groups in total. The number of nitrogens with one attached hydrogen (secondary N) is 2. The summed E-state index contributed by atoms with van der Waals surface area (Å²) in [5.41, 5.74) is 5.17. The third-order valence-electron chi connectivity index (χ3n) is 7.71. The van der Waals surface area contributed by atoms with Crippen molar-refractivity contribution in [3.63, 3.8) is 0 Å². The lowest BCUT2D eigenvalue weighted by Gasteiger charge is -2.43. The molecular formula is C27H31N7. The lowest BCUT2D eigenvalue weighted by molar-refractivity contribution is 0.166. The average molecular weight is 454 g/mol. The predicted octanol–water partition coefficient (Wildman–Crippen LogP) is 3.30. The zero-order valence-corrected chi connectivity index (χ0v) is 19.8. The van der Waals surface area contributed by atoms with Gasteiger partial charge in [-0.2, -0.15) is 5.26 Å². The van der Waals surface area contributed by atoms with E-state index < -0.39 is 0 Å². The number of fused-ring (bicyclic) bond motifs is 3. The van der Waals surface area contributed by atoms with Crippen LogP contribution in [0.3, 0.4) is 0 Å². The van der Waals surface area contributed by atoms with Crippen molar-refractivity contribution >= 4 is 22.4 Å². The molecule has 2 fully saturated rings. The summed E-state index contributed by atoms with van der Waals surface area (Å²) < 4.78 is 0. The van der Waals surface area contributed by atoms with Crippen LogP contribution in [0, 0.1) is 11.3 Å². The molecule has 5 heterocycles. The highest BCUT2D eigenvalue weighted by Gasteiger charge is 2.40. The quantitative estimate of drug-likeness (QED) is 0.630. The molecule has 2 aromatic heterocycles. The number of rotatable bonds is 3. The van der Waals surface area contributed by atoms with Crippen LogP contribution >= 0.6 is 0 Å². The van der Waals surface area contributed by atoms with E-state index in [1.165, 1.54) is 16.9 Å². The normalized spacial score (nSPS) is 26.7. The van der Waals surface area contributed by atoms with Crippen molar-refractivity contribution in [1.82, 2.24) is 20.2 Å². The maximum atomic E-state index is 9.51. The summed E-state index contributed by atoms with van der Waals surface area (Å²) in [4.78, 5) is 14.6. The largest absolute Gasteiger partial charge is 0.368 e. The molecule has 0 radical (unpaired) electrons. The molecule has 2 saturated heterocycles. The van der Waals surface area contributed by atoms with Crippen LogP contribution in [0.15, 0.2) is 42.6 Å². The Labute approximate surface area is 200 Å². The topological polar surface area (TPSA) is 80.1 Å². The molecular weight excluding hydrogens is 422 g/mol. The van der Waals surface area contributed by atoms with Gasteiger partial charge in [-0.1, -0.05) is 6.07 Å². The van der Waals surface area contributed by atoms with Gasteiger partial charge in [0.25, 0.3) is 0 Å². The minimum Gasteiger partial charge on any atom is -0.368 e. The van der Waals surface area contributed by atoms with E-state index >= 15 is 0 Å². The number of hydrogen-bond acceptors (Lipinski definition) is 7. The third-order valence-corrected chi connectivity index (χ3v) is 7.71. The van der Waals surface area contributed by atoms with E-state index in [1.54, 1.807) is 6.20 Å². The maximum absolute atomic E-state index is 9.51. The number of anilines is 2. The molecule has 4 atom stereocenters. The fraction of sp³-hybridized carbons (Fsp3) is 0.444. The van der Waals surface area contributed by atoms with Crippen LogP contribution < -0.4 is 15.5 Å². The van der Waals surface area contributed by atoms with Gasteiger partial charge in [0.15, 0.2) is 0 Å². The Hall–Kier alpha value is -3.21. The van der Waals surface area contributed by atoms with Gasteiger partial charge in [-0.25, -0.2) is 4.98 Å². The number of piperazine rings is 1. The number of hydrogen-bond donors (Lipinski definition) is 2. The van der Waals surface area contributed by atoms with Crippen LogP contribution in [0.4, 0.5) is 11.5 Å². The standard InChI is InChI=1S/C27H31N7/c1-17-10-24-20(13-30-17)6-8-26(32-24)31-21-11-22-16-33(14-18(2)34(22)15-21)25-7-5-19(12-28)27-23(25)4-3-9-29-27/h3-9,17-18,21-22,30H,10-11,13-16H2,1-2H3,(H,31,32)/t17?,18-,21-,22+/m1/s1. The van der Waals surface area contributed by atoms with Crippen LogP contribution in [0.1, 0.15) is 37.1 Å². The molecule has 3 aliphatic heterocycles. The highest BCUT2D eigenvalue weighted by atomic mass is 15.3. The fourth-order valence-electron chi connectivity index (χ4n) is 6.04. The van der Waals surface area contributed by atoms with Gasteiger partial charge in [-0.15, -0.1) is 0 Å². The SMILES string of the molecule is CC1Cc2nc(N[C@@H]3C[C@H]4CN(c5ccc(C#N)c6ncccc56)C[C@@H](C)N4C3)ccc2CN1. The molecule has 34 heavy (non-hydrogen) atoms. The molecule has 7 nitrogen and oxygen atoms in total. The van der Waals surface area contributed by atoms with Crippen molar-refractivity contribution in [2.45, 2.75) is 57.4 Å². The monoisotopic (exact) mass is 453 g/mol. The number of benzene rings is 1. The number of aromatic nitrogens is 2. The van der Waals surface area contributed by atoms with E-state index in [0.717, 1.165) is 55.7 Å². The zero-order chi connectivity index (χ0) is 23.2. The Bertz CT molecular complexity index is 1270. The van der Waals surface area contributed by atoms with Gasteiger partial charge >= 0.3 is 0 Å². The van der Waals surface area contributed by atoms with E-state index in [2.05, 4.69) is 69.6 Å². The first-order valence-electron chi connectivity index (χ1n) is 12.4. The molecule has 6 rings (SSSR count). The molecule has 0 amide bonds. The van der Waals surface area contributed by atoms with Gasteiger partial charge in [-0.05, 0) is 56.2 Å². The lowest BCUT2D eigenvalue weighted by Crippen LogP contribution is -2.55. The molecule has 0 bridgehead atoms. The molecule has 1 aromatic carbocycles. The summed E-state index contributed by atoms with van der Waals surface area (Å²) >= 11 is 0. The molecule has 7 heteroatoms. The average Bonchev–Trinajstić information content (AvgIpc) is 3.26. The van der Waals surface area contributed by atoms with Gasteiger partial charge in [-0.3, -0.25) is 9.88 Å². The summed E-state index contributed by atoms with van der Waals surface area (Å²) in [6, 6.07) is 16.5. The van der Waals surface area contributed by atoms with Crippen molar-refractivity contribution in [3.8, 4) is 6.07 Å².